The summed E-state index contributed by atoms with van der Waals surface area (Å²) in [4.78, 5) is 27.3. The Hall–Kier alpha value is -3.77. The zero-order valence-electron chi connectivity index (χ0n) is 21.0. The first-order valence-corrected chi connectivity index (χ1v) is 13.7. The van der Waals surface area contributed by atoms with Crippen molar-refractivity contribution in [1.82, 2.24) is 24.3 Å². The molecule has 5 rings (SSSR count). The topological polar surface area (TPSA) is 128 Å². The molecule has 12 heteroatoms. The molecule has 38 heavy (non-hydrogen) atoms. The number of hydrogen-bond acceptors (Lipinski definition) is 7. The molecular formula is C26H28FN5O5S. The Morgan fingerprint density at radius 1 is 1.16 bits per heavy atom. The van der Waals surface area contributed by atoms with Crippen LogP contribution in [0.2, 0.25) is 0 Å². The van der Waals surface area contributed by atoms with Crippen LogP contribution in [0, 0.1) is 6.92 Å². The van der Waals surface area contributed by atoms with E-state index in [9.17, 15) is 22.4 Å². The summed E-state index contributed by atoms with van der Waals surface area (Å²) in [5.74, 6) is 0.519. The molecule has 2 heterocycles. The largest absolute Gasteiger partial charge is 0.391 e. The summed E-state index contributed by atoms with van der Waals surface area (Å²) in [6.07, 6.45) is 10.4. The summed E-state index contributed by atoms with van der Waals surface area (Å²) < 4.78 is 49.6. The Bertz CT molecular complexity index is 1720. The van der Waals surface area contributed by atoms with Crippen molar-refractivity contribution in [2.75, 3.05) is 13.7 Å². The highest BCUT2D eigenvalue weighted by Crippen LogP contribution is 2.37. The minimum absolute atomic E-state index is 0.0230. The van der Waals surface area contributed by atoms with Crippen molar-refractivity contribution in [2.24, 2.45) is 0 Å². The molecule has 0 aliphatic heterocycles. The normalized spacial score (nSPS) is 16.7. The molecule has 0 atom stereocenters. The van der Waals surface area contributed by atoms with Crippen LogP contribution in [-0.2, 0) is 23.1 Å². The van der Waals surface area contributed by atoms with Crippen LogP contribution < -0.4 is 21.3 Å². The van der Waals surface area contributed by atoms with E-state index >= 15 is 0 Å². The van der Waals surface area contributed by atoms with E-state index in [1.807, 2.05) is 24.3 Å². The highest BCUT2D eigenvalue weighted by molar-refractivity contribution is 7.89. The molecule has 2 N–H and O–H groups in total. The predicted molar refractivity (Wildman–Crippen MR) is 140 cm³/mol. The van der Waals surface area contributed by atoms with Gasteiger partial charge in [0.2, 0.25) is 10.0 Å². The fraction of sp³-hybridized carbons (Fsp3) is 0.346. The number of aromatic nitrogens is 3. The van der Waals surface area contributed by atoms with E-state index in [1.165, 1.54) is 29.0 Å². The van der Waals surface area contributed by atoms with Crippen LogP contribution in [0.3, 0.4) is 0 Å². The first-order valence-electron chi connectivity index (χ1n) is 12.2. The lowest BCUT2D eigenvalue weighted by Crippen LogP contribution is -2.41. The van der Waals surface area contributed by atoms with Gasteiger partial charge < -0.3 is 9.84 Å². The fourth-order valence-corrected chi connectivity index (χ4v) is 5.98. The molecule has 0 bridgehead atoms. The second-order valence-electron chi connectivity index (χ2n) is 9.61. The van der Waals surface area contributed by atoms with E-state index in [0.717, 1.165) is 15.8 Å². The van der Waals surface area contributed by atoms with Gasteiger partial charge in [0, 0.05) is 24.7 Å². The van der Waals surface area contributed by atoms with Gasteiger partial charge in [-0.25, -0.2) is 22.3 Å². The van der Waals surface area contributed by atoms with Gasteiger partial charge in [-0.15, -0.1) is 0 Å². The maximum atomic E-state index is 13.7. The minimum atomic E-state index is -4.10. The third-order valence-electron chi connectivity index (χ3n) is 7.03. The van der Waals surface area contributed by atoms with Crippen LogP contribution in [0.1, 0.15) is 30.6 Å². The molecule has 2 aliphatic rings. The van der Waals surface area contributed by atoms with Gasteiger partial charge >= 0.3 is 5.69 Å². The number of nitrogens with one attached hydrogen (secondary N) is 2. The molecule has 3 aromatic rings. The van der Waals surface area contributed by atoms with Gasteiger partial charge in [0.15, 0.2) is 0 Å². The van der Waals surface area contributed by atoms with Crippen LogP contribution in [0.4, 0.5) is 4.39 Å². The molecule has 0 amide bonds. The molecule has 0 spiro atoms. The molecule has 1 fully saturated rings. The average molecular weight is 542 g/mol. The van der Waals surface area contributed by atoms with Crippen molar-refractivity contribution in [3.05, 3.63) is 92.1 Å². The first-order chi connectivity index (χ1) is 18.2. The quantitative estimate of drug-likeness (QED) is 0.425. The number of hydrogen-bond donors (Lipinski definition) is 2. The summed E-state index contributed by atoms with van der Waals surface area (Å²) in [7, 11) is -2.33. The van der Waals surface area contributed by atoms with Crippen molar-refractivity contribution >= 4 is 20.9 Å². The number of nitrogens with zero attached hydrogens (tertiary/aromatic N) is 3. The SMILES string of the molecule is CNC1=C(Cn2c(=O)c3cc(S(=O)(=O)NC4(CF)CC4)ccc3n(Cc3cnoc3C)c2=O)C=CC=CC1. The lowest BCUT2D eigenvalue weighted by atomic mass is 10.1. The zero-order chi connectivity index (χ0) is 27.1. The Balaban J connectivity index is 1.69. The summed E-state index contributed by atoms with van der Waals surface area (Å²) in [6.45, 7) is 0.948. The first kappa shape index (κ1) is 25.9. The van der Waals surface area contributed by atoms with E-state index in [4.69, 9.17) is 4.52 Å². The molecule has 0 saturated heterocycles. The highest BCUT2D eigenvalue weighted by Gasteiger charge is 2.46. The van der Waals surface area contributed by atoms with E-state index in [1.54, 1.807) is 14.0 Å². The number of aryl methyl sites for hydroxylation is 1. The molecule has 2 aliphatic carbocycles. The summed E-state index contributed by atoms with van der Waals surface area (Å²) in [6, 6.07) is 4.00. The number of allylic oxidation sites excluding steroid dienone is 5. The maximum Gasteiger partial charge on any atom is 0.332 e. The van der Waals surface area contributed by atoms with Crippen molar-refractivity contribution in [3.63, 3.8) is 0 Å². The predicted octanol–water partition coefficient (Wildman–Crippen LogP) is 2.28. The Kier molecular flexibility index (Phi) is 6.70. The van der Waals surface area contributed by atoms with Crippen LogP contribution in [0.25, 0.3) is 10.9 Å². The number of benzene rings is 1. The van der Waals surface area contributed by atoms with Gasteiger partial charge in [-0.05, 0) is 43.5 Å². The number of rotatable bonds is 9. The summed E-state index contributed by atoms with van der Waals surface area (Å²) in [5, 5.41) is 6.95. The van der Waals surface area contributed by atoms with Crippen molar-refractivity contribution in [2.45, 2.75) is 49.7 Å². The Morgan fingerprint density at radius 2 is 1.95 bits per heavy atom. The van der Waals surface area contributed by atoms with Crippen molar-refractivity contribution < 1.29 is 17.3 Å². The third kappa shape index (κ3) is 4.76. The molecule has 200 valence electrons. The average Bonchev–Trinajstić information content (AvgIpc) is 3.61. The maximum absolute atomic E-state index is 13.7. The Morgan fingerprint density at radius 3 is 2.61 bits per heavy atom. The van der Waals surface area contributed by atoms with Crippen LogP contribution >= 0.6 is 0 Å². The van der Waals surface area contributed by atoms with Gasteiger partial charge in [-0.3, -0.25) is 13.9 Å². The highest BCUT2D eigenvalue weighted by atomic mass is 32.2. The molecule has 1 saturated carbocycles. The smallest absolute Gasteiger partial charge is 0.332 e. The molecule has 10 nitrogen and oxygen atoms in total. The van der Waals surface area contributed by atoms with Crippen molar-refractivity contribution in [3.8, 4) is 0 Å². The van der Waals surface area contributed by atoms with Crippen LogP contribution in [0.15, 0.2) is 79.0 Å². The number of alkyl halides is 1. The monoisotopic (exact) mass is 541 g/mol. The number of fused-ring (bicyclic) bond motifs is 1. The standard InChI is InChI=1S/C26H28FN5O5S/c1-17-19(13-29-37-17)15-31-23-9-8-20(38(35,36)30-26(16-27)10-11-26)12-21(23)24(33)32(25(31)34)14-18-6-4-3-5-7-22(18)28-2/h3-6,8-9,12-13,28,30H,7,10-11,14-16H2,1-2H3. The molecule has 0 radical (unpaired) electrons. The van der Waals surface area contributed by atoms with Crippen LogP contribution in [-0.4, -0.2) is 42.0 Å². The second kappa shape index (κ2) is 9.84. The number of sulfonamides is 1. The zero-order valence-corrected chi connectivity index (χ0v) is 21.8. The lowest BCUT2D eigenvalue weighted by Gasteiger charge is -2.17. The van der Waals surface area contributed by atoms with E-state index in [2.05, 4.69) is 15.2 Å². The fourth-order valence-electron chi connectivity index (χ4n) is 4.51. The van der Waals surface area contributed by atoms with Gasteiger partial charge in [-0.2, -0.15) is 0 Å². The van der Waals surface area contributed by atoms with E-state index in [0.29, 0.717) is 30.6 Å². The third-order valence-corrected chi connectivity index (χ3v) is 8.61. The minimum Gasteiger partial charge on any atom is -0.391 e. The molecule has 1 aromatic carbocycles. The molecular weight excluding hydrogens is 513 g/mol. The lowest BCUT2D eigenvalue weighted by molar-refractivity contribution is 0.393. The Labute approximate surface area is 218 Å². The van der Waals surface area contributed by atoms with Crippen LogP contribution in [0.5, 0.6) is 0 Å². The second-order valence-corrected chi connectivity index (χ2v) is 11.3. The summed E-state index contributed by atoms with van der Waals surface area (Å²) >= 11 is 0. The number of halogens is 1. The van der Waals surface area contributed by atoms with E-state index < -0.39 is 33.5 Å². The molecule has 2 aromatic heterocycles. The van der Waals surface area contributed by atoms with Gasteiger partial charge in [-0.1, -0.05) is 29.5 Å². The van der Waals surface area contributed by atoms with Crippen molar-refractivity contribution in [1.29, 1.82) is 0 Å². The van der Waals surface area contributed by atoms with E-state index in [-0.39, 0.29) is 28.9 Å². The van der Waals surface area contributed by atoms with Gasteiger partial charge in [0.25, 0.3) is 5.56 Å². The van der Waals surface area contributed by atoms with Gasteiger partial charge in [0.1, 0.15) is 12.4 Å². The molecule has 0 unspecified atom stereocenters. The summed E-state index contributed by atoms with van der Waals surface area (Å²) in [5.41, 5.74) is 0.235. The van der Waals surface area contributed by atoms with Gasteiger partial charge in [0.05, 0.1) is 40.6 Å².